The van der Waals surface area contributed by atoms with E-state index < -0.39 is 17.2 Å². The van der Waals surface area contributed by atoms with Crippen LogP contribution in [0.25, 0.3) is 0 Å². The lowest BCUT2D eigenvalue weighted by atomic mass is 10.2. The lowest BCUT2D eigenvalue weighted by Crippen LogP contribution is -2.47. The number of alkyl carbamates (subject to hydrolysis) is 1. The van der Waals surface area contributed by atoms with Gasteiger partial charge < -0.3 is 14.8 Å². The molecule has 1 aliphatic rings. The van der Waals surface area contributed by atoms with E-state index >= 15 is 0 Å². The molecule has 0 aromatic carbocycles. The molecule has 0 aliphatic heterocycles. The molecule has 1 saturated carbocycles. The van der Waals surface area contributed by atoms with Crippen molar-refractivity contribution in [1.29, 1.82) is 0 Å². The summed E-state index contributed by atoms with van der Waals surface area (Å²) in [5.41, 5.74) is -1.45. The summed E-state index contributed by atoms with van der Waals surface area (Å²) in [5.74, 6) is -0.285. The first-order valence-corrected chi connectivity index (χ1v) is 6.39. The molecule has 0 saturated heterocycles. The molecule has 0 heterocycles. The van der Waals surface area contributed by atoms with E-state index in [1.807, 2.05) is 6.92 Å². The highest BCUT2D eigenvalue weighted by atomic mass is 16.6. The summed E-state index contributed by atoms with van der Waals surface area (Å²) in [6, 6.07) is 0. The number of amides is 1. The minimum atomic E-state index is -0.877. The molecule has 2 atom stereocenters. The van der Waals surface area contributed by atoms with Crippen molar-refractivity contribution in [3.63, 3.8) is 0 Å². The third-order valence-corrected chi connectivity index (χ3v) is 2.67. The van der Waals surface area contributed by atoms with Crippen molar-refractivity contribution in [2.24, 2.45) is 5.92 Å². The zero-order valence-electron chi connectivity index (χ0n) is 12.5. The van der Waals surface area contributed by atoms with Crippen molar-refractivity contribution in [2.75, 3.05) is 6.61 Å². The molecular weight excluding hydrogens is 246 g/mol. The summed E-state index contributed by atoms with van der Waals surface area (Å²) < 4.78 is 10.1. The van der Waals surface area contributed by atoms with Crippen LogP contribution in [0.1, 0.15) is 41.0 Å². The first kappa shape index (κ1) is 17.5. The number of carbonyl (C=O) groups is 2. The summed E-state index contributed by atoms with van der Waals surface area (Å²) in [6.45, 7) is 15.3. The molecule has 0 bridgehead atoms. The van der Waals surface area contributed by atoms with Crippen LogP contribution < -0.4 is 5.32 Å². The van der Waals surface area contributed by atoms with E-state index in [1.54, 1.807) is 27.7 Å². The van der Waals surface area contributed by atoms with Gasteiger partial charge in [-0.1, -0.05) is 6.92 Å². The summed E-state index contributed by atoms with van der Waals surface area (Å²) in [6.07, 6.45) is 0.0281. The van der Waals surface area contributed by atoms with Gasteiger partial charge in [0.05, 0.1) is 6.61 Å². The molecule has 1 aliphatic carbocycles. The molecule has 0 aromatic heterocycles. The van der Waals surface area contributed by atoms with E-state index in [-0.39, 0.29) is 11.9 Å². The summed E-state index contributed by atoms with van der Waals surface area (Å²) in [5, 5.41) is 2.62. The third-order valence-electron chi connectivity index (χ3n) is 2.67. The quantitative estimate of drug-likeness (QED) is 0.633. The Kier molecular flexibility index (Phi) is 6.06. The van der Waals surface area contributed by atoms with Gasteiger partial charge >= 0.3 is 12.1 Å². The maximum atomic E-state index is 11.7. The van der Waals surface area contributed by atoms with Gasteiger partial charge in [0, 0.05) is 0 Å². The van der Waals surface area contributed by atoms with E-state index in [9.17, 15) is 9.59 Å². The van der Waals surface area contributed by atoms with E-state index in [0.29, 0.717) is 13.0 Å². The smallest absolute Gasteiger partial charge is 0.408 e. The molecule has 1 rings (SSSR count). The van der Waals surface area contributed by atoms with Crippen LogP contribution in [-0.2, 0) is 14.3 Å². The minimum Gasteiger partial charge on any atom is -0.464 e. The highest BCUT2D eigenvalue weighted by Gasteiger charge is 2.60. The molecule has 0 aromatic rings. The number of rotatable bonds is 3. The van der Waals surface area contributed by atoms with Crippen LogP contribution in [0.15, 0.2) is 13.2 Å². The lowest BCUT2D eigenvalue weighted by Gasteiger charge is -2.23. The van der Waals surface area contributed by atoms with Crippen LogP contribution in [0.3, 0.4) is 0 Å². The number of nitrogens with one attached hydrogen (secondary N) is 1. The van der Waals surface area contributed by atoms with Crippen molar-refractivity contribution < 1.29 is 19.1 Å². The van der Waals surface area contributed by atoms with Gasteiger partial charge in [-0.2, -0.15) is 0 Å². The maximum absolute atomic E-state index is 11.7. The van der Waals surface area contributed by atoms with Crippen LogP contribution >= 0.6 is 0 Å². The third kappa shape index (κ3) is 4.93. The fourth-order valence-corrected chi connectivity index (χ4v) is 1.68. The van der Waals surface area contributed by atoms with Crippen LogP contribution in [0, 0.1) is 5.92 Å². The Hall–Kier alpha value is -1.52. The molecule has 1 N–H and O–H groups in total. The van der Waals surface area contributed by atoms with E-state index in [2.05, 4.69) is 18.5 Å². The van der Waals surface area contributed by atoms with Gasteiger partial charge in [-0.05, 0) is 40.0 Å². The molecule has 1 amide bonds. The Morgan fingerprint density at radius 3 is 2.16 bits per heavy atom. The van der Waals surface area contributed by atoms with E-state index in [1.165, 1.54) is 0 Å². The number of carbonyl (C=O) groups excluding carboxylic acids is 2. The second-order valence-electron chi connectivity index (χ2n) is 5.42. The lowest BCUT2D eigenvalue weighted by molar-refractivity contribution is -0.147. The normalized spacial score (nSPS) is 24.6. The first-order chi connectivity index (χ1) is 8.71. The standard InChI is InChI=1S/C12H21NO4.C2H4/c1-6-16-9(14)12(7-8(12)2)13-10(15)17-11(3,4)5;1-2/h8H,6-7H2,1-5H3,(H,13,15);1-2H2/t8-,12-;/m0./s1. The molecule has 5 nitrogen and oxygen atoms in total. The van der Waals surface area contributed by atoms with Gasteiger partial charge in [-0.25, -0.2) is 9.59 Å². The predicted octanol–water partition coefficient (Wildman–Crippen LogP) is 2.66. The predicted molar refractivity (Wildman–Crippen MR) is 73.8 cm³/mol. The van der Waals surface area contributed by atoms with Gasteiger partial charge in [0.2, 0.25) is 0 Å². The fourth-order valence-electron chi connectivity index (χ4n) is 1.68. The van der Waals surface area contributed by atoms with Gasteiger partial charge in [-0.15, -0.1) is 13.2 Å². The fraction of sp³-hybridized carbons (Fsp3) is 0.714. The Morgan fingerprint density at radius 1 is 1.37 bits per heavy atom. The van der Waals surface area contributed by atoms with Crippen molar-refractivity contribution in [2.45, 2.75) is 52.2 Å². The van der Waals surface area contributed by atoms with Gasteiger partial charge in [0.15, 0.2) is 0 Å². The SMILES string of the molecule is C=C.CCOC(=O)[C@]1(NC(=O)OC(C)(C)C)C[C@@H]1C. The monoisotopic (exact) mass is 271 g/mol. The van der Waals surface area contributed by atoms with Gasteiger partial charge in [0.25, 0.3) is 0 Å². The second-order valence-corrected chi connectivity index (χ2v) is 5.42. The van der Waals surface area contributed by atoms with Gasteiger partial charge in [-0.3, -0.25) is 0 Å². The topological polar surface area (TPSA) is 64.6 Å². The van der Waals surface area contributed by atoms with Crippen LogP contribution in [0.5, 0.6) is 0 Å². The van der Waals surface area contributed by atoms with Crippen molar-refractivity contribution >= 4 is 12.1 Å². The van der Waals surface area contributed by atoms with Crippen LogP contribution in [-0.4, -0.2) is 29.8 Å². The average Bonchev–Trinajstić information content (AvgIpc) is 2.90. The maximum Gasteiger partial charge on any atom is 0.408 e. The molecule has 5 heteroatoms. The zero-order chi connectivity index (χ0) is 15.3. The molecule has 19 heavy (non-hydrogen) atoms. The van der Waals surface area contributed by atoms with Crippen molar-refractivity contribution in [3.05, 3.63) is 13.2 Å². The van der Waals surface area contributed by atoms with Crippen LogP contribution in [0.4, 0.5) is 4.79 Å². The number of ether oxygens (including phenoxy) is 2. The Balaban J connectivity index is 0.00000154. The van der Waals surface area contributed by atoms with E-state index in [0.717, 1.165) is 0 Å². The average molecular weight is 271 g/mol. The Bertz CT molecular complexity index is 335. The highest BCUT2D eigenvalue weighted by molar-refractivity contribution is 5.89. The molecule has 110 valence electrons. The highest BCUT2D eigenvalue weighted by Crippen LogP contribution is 2.44. The van der Waals surface area contributed by atoms with Crippen LogP contribution in [0.2, 0.25) is 0 Å². The molecule has 0 radical (unpaired) electrons. The summed E-state index contributed by atoms with van der Waals surface area (Å²) in [7, 11) is 0. The Morgan fingerprint density at radius 2 is 1.84 bits per heavy atom. The molecule has 0 unspecified atom stereocenters. The Labute approximate surface area is 115 Å². The molecule has 0 spiro atoms. The van der Waals surface area contributed by atoms with Gasteiger partial charge in [0.1, 0.15) is 11.1 Å². The summed E-state index contributed by atoms with van der Waals surface area (Å²) in [4.78, 5) is 23.4. The first-order valence-electron chi connectivity index (χ1n) is 6.39. The van der Waals surface area contributed by atoms with Crippen molar-refractivity contribution in [3.8, 4) is 0 Å². The molecule has 1 fully saturated rings. The van der Waals surface area contributed by atoms with Crippen molar-refractivity contribution in [1.82, 2.24) is 5.32 Å². The molecular formula is C14H25NO4. The summed E-state index contributed by atoms with van der Waals surface area (Å²) >= 11 is 0. The second kappa shape index (κ2) is 6.59. The van der Waals surface area contributed by atoms with E-state index in [4.69, 9.17) is 9.47 Å². The minimum absolute atomic E-state index is 0.0917. The number of esters is 1. The largest absolute Gasteiger partial charge is 0.464 e. The number of hydrogen-bond donors (Lipinski definition) is 1. The number of hydrogen-bond acceptors (Lipinski definition) is 4. The zero-order valence-corrected chi connectivity index (χ0v) is 12.5.